The Morgan fingerprint density at radius 3 is 2.52 bits per heavy atom. The summed E-state index contributed by atoms with van der Waals surface area (Å²) in [4.78, 5) is 25.7. The second-order valence-corrected chi connectivity index (χ2v) is 6.27. The van der Waals surface area contributed by atoms with Crippen LogP contribution >= 0.6 is 12.4 Å². The van der Waals surface area contributed by atoms with Crippen molar-refractivity contribution in [1.29, 1.82) is 0 Å². The van der Waals surface area contributed by atoms with Crippen molar-refractivity contribution in [3.63, 3.8) is 0 Å². The molecule has 3 rings (SSSR count). The van der Waals surface area contributed by atoms with E-state index in [-0.39, 0.29) is 30.3 Å². The molecule has 2 aliphatic rings. The van der Waals surface area contributed by atoms with Crippen LogP contribution < -0.4 is 11.1 Å². The minimum absolute atomic E-state index is 0. The summed E-state index contributed by atoms with van der Waals surface area (Å²) >= 11 is 0. The van der Waals surface area contributed by atoms with E-state index in [1.54, 1.807) is 0 Å². The van der Waals surface area contributed by atoms with Gasteiger partial charge in [-0.25, -0.2) is 0 Å². The molecule has 1 heterocycles. The van der Waals surface area contributed by atoms with Gasteiger partial charge in [0.25, 0.3) is 5.91 Å². The number of halogens is 1. The fourth-order valence-corrected chi connectivity index (χ4v) is 2.97. The molecule has 1 saturated heterocycles. The average Bonchev–Trinajstić information content (AvgIpc) is 3.30. The van der Waals surface area contributed by atoms with Crippen molar-refractivity contribution in [2.75, 3.05) is 13.1 Å². The number of amides is 2. The number of carbonyl (C=O) groups excluding carboxylic acids is 2. The Hall–Kier alpha value is -1.59. The van der Waals surface area contributed by atoms with Crippen molar-refractivity contribution < 1.29 is 9.59 Å². The van der Waals surface area contributed by atoms with Gasteiger partial charge in [0, 0.05) is 37.7 Å². The van der Waals surface area contributed by atoms with Crippen LogP contribution in [0.3, 0.4) is 0 Å². The van der Waals surface area contributed by atoms with Crippen molar-refractivity contribution in [1.82, 2.24) is 10.2 Å². The zero-order valence-corrected chi connectivity index (χ0v) is 14.0. The van der Waals surface area contributed by atoms with E-state index < -0.39 is 0 Å². The summed E-state index contributed by atoms with van der Waals surface area (Å²) in [5.74, 6) is 0.706. The molecule has 1 aromatic carbocycles. The molecule has 0 radical (unpaired) electrons. The molecule has 1 aliphatic carbocycles. The zero-order chi connectivity index (χ0) is 15.5. The predicted molar refractivity (Wildman–Crippen MR) is 91.4 cm³/mol. The molecule has 1 atom stereocenters. The number of benzene rings is 1. The first-order valence-corrected chi connectivity index (χ1v) is 8.05. The Labute approximate surface area is 143 Å². The molecule has 6 heteroatoms. The van der Waals surface area contributed by atoms with E-state index in [1.165, 1.54) is 0 Å². The summed E-state index contributed by atoms with van der Waals surface area (Å²) in [5, 5.41) is 3.02. The summed E-state index contributed by atoms with van der Waals surface area (Å²) in [6, 6.07) is 7.59. The number of nitrogens with one attached hydrogen (secondary N) is 1. The third kappa shape index (κ3) is 4.45. The van der Waals surface area contributed by atoms with Gasteiger partial charge >= 0.3 is 0 Å². The van der Waals surface area contributed by atoms with Gasteiger partial charge in [-0.2, -0.15) is 0 Å². The summed E-state index contributed by atoms with van der Waals surface area (Å²) in [5.41, 5.74) is 7.42. The molecule has 1 aromatic rings. The number of rotatable bonds is 6. The second kappa shape index (κ2) is 7.79. The van der Waals surface area contributed by atoms with Gasteiger partial charge in [-0.1, -0.05) is 12.1 Å². The lowest BCUT2D eigenvalue weighted by Gasteiger charge is -2.17. The first kappa shape index (κ1) is 17.8. The van der Waals surface area contributed by atoms with Gasteiger partial charge in [0.2, 0.25) is 5.91 Å². The molecular weight excluding hydrogens is 314 g/mol. The maximum atomic E-state index is 12.2. The molecule has 2 fully saturated rings. The molecule has 5 nitrogen and oxygen atoms in total. The van der Waals surface area contributed by atoms with E-state index >= 15 is 0 Å². The Balaban J connectivity index is 0.00000192. The van der Waals surface area contributed by atoms with E-state index in [1.807, 2.05) is 29.2 Å². The smallest absolute Gasteiger partial charge is 0.251 e. The van der Waals surface area contributed by atoms with Crippen molar-refractivity contribution in [2.45, 2.75) is 38.3 Å². The Morgan fingerprint density at radius 1 is 1.30 bits per heavy atom. The molecular formula is C17H24ClN3O2. The molecule has 0 spiro atoms. The Morgan fingerprint density at radius 2 is 2.00 bits per heavy atom. The SMILES string of the molecule is Cl.NCC(NC(=O)c1ccc(CN2CCCC2=O)cc1)C1CC1. The molecule has 1 unspecified atom stereocenters. The van der Waals surface area contributed by atoms with Crippen molar-refractivity contribution >= 4 is 24.2 Å². The van der Waals surface area contributed by atoms with E-state index in [9.17, 15) is 9.59 Å². The van der Waals surface area contributed by atoms with Crippen molar-refractivity contribution in [3.05, 3.63) is 35.4 Å². The number of nitrogens with zero attached hydrogens (tertiary/aromatic N) is 1. The quantitative estimate of drug-likeness (QED) is 0.829. The fourth-order valence-electron chi connectivity index (χ4n) is 2.97. The lowest BCUT2D eigenvalue weighted by Crippen LogP contribution is -2.41. The summed E-state index contributed by atoms with van der Waals surface area (Å²) in [6.45, 7) is 1.96. The number of carbonyl (C=O) groups is 2. The second-order valence-electron chi connectivity index (χ2n) is 6.27. The van der Waals surface area contributed by atoms with E-state index in [0.29, 0.717) is 31.0 Å². The van der Waals surface area contributed by atoms with Gasteiger partial charge in [-0.3, -0.25) is 9.59 Å². The van der Waals surface area contributed by atoms with Crippen LogP contribution in [0, 0.1) is 5.92 Å². The predicted octanol–water partition coefficient (Wildman–Crippen LogP) is 1.70. The van der Waals surface area contributed by atoms with Crippen LogP contribution in [0.5, 0.6) is 0 Å². The average molecular weight is 338 g/mol. The molecule has 1 aliphatic heterocycles. The zero-order valence-electron chi connectivity index (χ0n) is 13.2. The minimum Gasteiger partial charge on any atom is -0.348 e. The fraction of sp³-hybridized carbons (Fsp3) is 0.529. The van der Waals surface area contributed by atoms with Gasteiger partial charge in [-0.05, 0) is 42.9 Å². The first-order valence-electron chi connectivity index (χ1n) is 8.05. The molecule has 0 aromatic heterocycles. The summed E-state index contributed by atoms with van der Waals surface area (Å²) < 4.78 is 0. The van der Waals surface area contributed by atoms with E-state index in [2.05, 4.69) is 5.32 Å². The van der Waals surface area contributed by atoms with Gasteiger partial charge in [0.05, 0.1) is 0 Å². The third-order valence-corrected chi connectivity index (χ3v) is 4.52. The topological polar surface area (TPSA) is 75.4 Å². The molecule has 23 heavy (non-hydrogen) atoms. The van der Waals surface area contributed by atoms with Gasteiger partial charge in [0.15, 0.2) is 0 Å². The first-order chi connectivity index (χ1) is 10.7. The molecule has 1 saturated carbocycles. The molecule has 2 amide bonds. The highest BCUT2D eigenvalue weighted by Crippen LogP contribution is 2.32. The molecule has 0 bridgehead atoms. The number of hydrogen-bond acceptors (Lipinski definition) is 3. The number of nitrogens with two attached hydrogens (primary N) is 1. The lowest BCUT2D eigenvalue weighted by molar-refractivity contribution is -0.128. The largest absolute Gasteiger partial charge is 0.348 e. The Kier molecular flexibility index (Phi) is 6.02. The van der Waals surface area contributed by atoms with Crippen LogP contribution in [0.4, 0.5) is 0 Å². The highest BCUT2D eigenvalue weighted by molar-refractivity contribution is 5.94. The van der Waals surface area contributed by atoms with Crippen LogP contribution in [0.15, 0.2) is 24.3 Å². The van der Waals surface area contributed by atoms with E-state index in [0.717, 1.165) is 31.4 Å². The Bertz CT molecular complexity index is 557. The summed E-state index contributed by atoms with van der Waals surface area (Å²) in [6.07, 6.45) is 3.92. The normalized spacial score (nSPS) is 18.5. The molecule has 126 valence electrons. The molecule has 3 N–H and O–H groups in total. The van der Waals surface area contributed by atoms with Crippen molar-refractivity contribution in [3.8, 4) is 0 Å². The maximum absolute atomic E-state index is 12.2. The van der Waals surface area contributed by atoms with Crippen LogP contribution in [-0.2, 0) is 11.3 Å². The van der Waals surface area contributed by atoms with Gasteiger partial charge in [0.1, 0.15) is 0 Å². The maximum Gasteiger partial charge on any atom is 0.251 e. The minimum atomic E-state index is -0.0638. The standard InChI is InChI=1S/C17H23N3O2.ClH/c18-10-15(13-7-8-13)19-17(22)14-5-3-12(4-6-14)11-20-9-1-2-16(20)21;/h3-6,13,15H,1-2,7-11,18H2,(H,19,22);1H. The monoisotopic (exact) mass is 337 g/mol. The van der Waals surface area contributed by atoms with Crippen molar-refractivity contribution in [2.24, 2.45) is 11.7 Å². The highest BCUT2D eigenvalue weighted by atomic mass is 35.5. The van der Waals surface area contributed by atoms with Gasteiger partial charge in [-0.15, -0.1) is 12.4 Å². The third-order valence-electron chi connectivity index (χ3n) is 4.52. The van der Waals surface area contributed by atoms with Crippen LogP contribution in [0.1, 0.15) is 41.6 Å². The lowest BCUT2D eigenvalue weighted by atomic mass is 10.1. The number of hydrogen-bond donors (Lipinski definition) is 2. The van der Waals surface area contributed by atoms with Crippen LogP contribution in [-0.4, -0.2) is 35.8 Å². The summed E-state index contributed by atoms with van der Waals surface area (Å²) in [7, 11) is 0. The van der Waals surface area contributed by atoms with E-state index in [4.69, 9.17) is 5.73 Å². The van der Waals surface area contributed by atoms with Crippen LogP contribution in [0.2, 0.25) is 0 Å². The van der Waals surface area contributed by atoms with Crippen LogP contribution in [0.25, 0.3) is 0 Å². The van der Waals surface area contributed by atoms with Gasteiger partial charge < -0.3 is 16.0 Å². The highest BCUT2D eigenvalue weighted by Gasteiger charge is 2.31. The number of likely N-dealkylation sites (tertiary alicyclic amines) is 1.